The van der Waals surface area contributed by atoms with Gasteiger partial charge in [-0.2, -0.15) is 0 Å². The number of fused-ring (bicyclic) bond motifs is 1. The van der Waals surface area contributed by atoms with Crippen molar-refractivity contribution in [3.63, 3.8) is 0 Å². The Bertz CT molecular complexity index is 723. The third-order valence-corrected chi connectivity index (χ3v) is 3.63. The zero-order valence-electron chi connectivity index (χ0n) is 12.0. The maximum atomic E-state index is 12.2. The predicted molar refractivity (Wildman–Crippen MR) is 84.0 cm³/mol. The normalized spacial score (nSPS) is 14.0. The first-order valence-corrected chi connectivity index (χ1v) is 6.91. The molecule has 4 nitrogen and oxygen atoms in total. The van der Waals surface area contributed by atoms with Crippen LogP contribution in [0.4, 0.5) is 13.2 Å². The smallest absolute Gasteiger partial charge is 0.454 e. The molecule has 3 rings (SSSR count). The van der Waals surface area contributed by atoms with Crippen LogP contribution < -0.4 is 19.9 Å². The van der Waals surface area contributed by atoms with E-state index in [1.165, 1.54) is 24.3 Å². The maximum absolute atomic E-state index is 12.2. The molecule has 1 aliphatic rings. The number of hydrogen-bond donors (Lipinski definition) is 1. The van der Waals surface area contributed by atoms with Crippen molar-refractivity contribution in [2.24, 2.45) is 5.73 Å². The van der Waals surface area contributed by atoms with Crippen LogP contribution in [-0.4, -0.2) is 13.2 Å². The average molecular weight is 382 g/mol. The minimum absolute atomic E-state index is 0. The lowest BCUT2D eigenvalue weighted by Crippen LogP contribution is -2.17. The van der Waals surface area contributed by atoms with Crippen LogP contribution in [0.2, 0.25) is 5.02 Å². The highest BCUT2D eigenvalue weighted by Crippen LogP contribution is 2.39. The van der Waals surface area contributed by atoms with Crippen molar-refractivity contribution in [1.29, 1.82) is 0 Å². The molecule has 0 aliphatic carbocycles. The summed E-state index contributed by atoms with van der Waals surface area (Å²) in [5.41, 5.74) is 7.31. The molecule has 2 aromatic rings. The van der Waals surface area contributed by atoms with Crippen molar-refractivity contribution in [1.82, 2.24) is 0 Å². The van der Waals surface area contributed by atoms with Gasteiger partial charge in [0.1, 0.15) is 5.75 Å². The van der Waals surface area contributed by atoms with E-state index in [0.29, 0.717) is 27.6 Å². The Labute approximate surface area is 146 Å². The van der Waals surface area contributed by atoms with E-state index in [2.05, 4.69) is 4.74 Å². The number of ether oxygens (including phenoxy) is 3. The van der Waals surface area contributed by atoms with Crippen molar-refractivity contribution in [3.8, 4) is 17.2 Å². The Morgan fingerprint density at radius 2 is 1.67 bits per heavy atom. The molecule has 130 valence electrons. The molecule has 0 radical (unpaired) electrons. The number of hydrogen-bond acceptors (Lipinski definition) is 4. The molecule has 1 atom stereocenters. The van der Waals surface area contributed by atoms with Crippen LogP contribution >= 0.6 is 24.0 Å². The summed E-state index contributed by atoms with van der Waals surface area (Å²) in [4.78, 5) is 0. The number of halogens is 5. The molecular weight excluding hydrogens is 370 g/mol. The van der Waals surface area contributed by atoms with Gasteiger partial charge in [0.05, 0.1) is 6.04 Å². The summed E-state index contributed by atoms with van der Waals surface area (Å²) >= 11 is 6.18. The number of rotatable bonds is 3. The van der Waals surface area contributed by atoms with Gasteiger partial charge in [-0.05, 0) is 29.3 Å². The van der Waals surface area contributed by atoms with E-state index < -0.39 is 12.4 Å². The van der Waals surface area contributed by atoms with Crippen LogP contribution in [0.1, 0.15) is 17.2 Å². The fraction of sp³-hybridized carbons (Fsp3) is 0.200. The van der Waals surface area contributed by atoms with Gasteiger partial charge in [-0.15, -0.1) is 25.6 Å². The van der Waals surface area contributed by atoms with Crippen LogP contribution in [0.15, 0.2) is 36.4 Å². The molecule has 0 unspecified atom stereocenters. The lowest BCUT2D eigenvalue weighted by molar-refractivity contribution is -0.274. The van der Waals surface area contributed by atoms with Crippen LogP contribution in [0.25, 0.3) is 0 Å². The Morgan fingerprint density at radius 1 is 1.08 bits per heavy atom. The first kappa shape index (κ1) is 18.5. The lowest BCUT2D eigenvalue weighted by Gasteiger charge is -2.16. The van der Waals surface area contributed by atoms with Crippen molar-refractivity contribution >= 4 is 24.0 Å². The molecule has 1 aliphatic heterocycles. The molecule has 0 aromatic heterocycles. The molecule has 0 amide bonds. The molecule has 0 saturated heterocycles. The highest BCUT2D eigenvalue weighted by atomic mass is 35.5. The predicted octanol–water partition coefficient (Wildman–Crippen LogP) is 4.44. The molecule has 2 N–H and O–H groups in total. The van der Waals surface area contributed by atoms with Crippen LogP contribution in [0.5, 0.6) is 17.2 Å². The monoisotopic (exact) mass is 381 g/mol. The van der Waals surface area contributed by atoms with Gasteiger partial charge in [-0.3, -0.25) is 0 Å². The standard InChI is InChI=1S/C15H11ClF3NO3.ClH/c16-11-6-13-12(21-7-22-13)5-10(11)14(20)8-1-3-9(4-2-8)23-15(17,18)19;/h1-6,14H,7,20H2;1H/t14-;/m1./s1. The van der Waals surface area contributed by atoms with Gasteiger partial charge < -0.3 is 19.9 Å². The molecule has 24 heavy (non-hydrogen) atoms. The second-order valence-corrected chi connectivity index (χ2v) is 5.23. The lowest BCUT2D eigenvalue weighted by atomic mass is 9.99. The topological polar surface area (TPSA) is 53.7 Å². The van der Waals surface area contributed by atoms with E-state index in [9.17, 15) is 13.2 Å². The summed E-state index contributed by atoms with van der Waals surface area (Å²) < 4.78 is 50.8. The molecule has 0 saturated carbocycles. The Morgan fingerprint density at radius 3 is 2.25 bits per heavy atom. The van der Waals surface area contributed by atoms with E-state index in [-0.39, 0.29) is 24.9 Å². The van der Waals surface area contributed by atoms with Crippen LogP contribution in [-0.2, 0) is 0 Å². The molecule has 1 heterocycles. The molecule has 0 bridgehead atoms. The van der Waals surface area contributed by atoms with Gasteiger partial charge in [0.2, 0.25) is 6.79 Å². The van der Waals surface area contributed by atoms with E-state index in [1.54, 1.807) is 12.1 Å². The Balaban J connectivity index is 0.00000208. The van der Waals surface area contributed by atoms with Gasteiger partial charge in [-0.1, -0.05) is 23.7 Å². The fourth-order valence-electron chi connectivity index (χ4n) is 2.23. The summed E-state index contributed by atoms with van der Waals surface area (Å²) in [5.74, 6) is 0.738. The van der Waals surface area contributed by atoms with Gasteiger partial charge in [0.25, 0.3) is 0 Å². The number of benzene rings is 2. The molecule has 9 heteroatoms. The first-order valence-electron chi connectivity index (χ1n) is 6.54. The molecular formula is C15H12Cl2F3NO3. The Kier molecular flexibility index (Phi) is 5.37. The van der Waals surface area contributed by atoms with E-state index in [4.69, 9.17) is 26.8 Å². The third-order valence-electron chi connectivity index (χ3n) is 3.30. The van der Waals surface area contributed by atoms with Gasteiger partial charge in [-0.25, -0.2) is 0 Å². The van der Waals surface area contributed by atoms with Crippen LogP contribution in [0.3, 0.4) is 0 Å². The second-order valence-electron chi connectivity index (χ2n) is 4.82. The van der Waals surface area contributed by atoms with Gasteiger partial charge in [0.15, 0.2) is 11.5 Å². The minimum Gasteiger partial charge on any atom is -0.454 e. The zero-order valence-corrected chi connectivity index (χ0v) is 13.5. The highest BCUT2D eigenvalue weighted by molar-refractivity contribution is 6.31. The van der Waals surface area contributed by atoms with Crippen LogP contribution in [0, 0.1) is 0 Å². The van der Waals surface area contributed by atoms with Crippen molar-refractivity contribution in [2.45, 2.75) is 12.4 Å². The summed E-state index contributed by atoms with van der Waals surface area (Å²) in [7, 11) is 0. The second kappa shape index (κ2) is 6.96. The fourth-order valence-corrected chi connectivity index (χ4v) is 2.50. The summed E-state index contributed by atoms with van der Waals surface area (Å²) in [6.45, 7) is 0.105. The largest absolute Gasteiger partial charge is 0.573 e. The Hall–Kier alpha value is -1.83. The minimum atomic E-state index is -4.73. The van der Waals surface area contributed by atoms with E-state index >= 15 is 0 Å². The van der Waals surface area contributed by atoms with Gasteiger partial charge >= 0.3 is 6.36 Å². The quantitative estimate of drug-likeness (QED) is 0.853. The molecule has 0 spiro atoms. The van der Waals surface area contributed by atoms with Crippen molar-refractivity contribution in [3.05, 3.63) is 52.5 Å². The van der Waals surface area contributed by atoms with E-state index in [0.717, 1.165) is 0 Å². The maximum Gasteiger partial charge on any atom is 0.573 e. The average Bonchev–Trinajstić information content (AvgIpc) is 2.92. The first-order chi connectivity index (χ1) is 10.8. The summed E-state index contributed by atoms with van der Waals surface area (Å²) in [6.07, 6.45) is -4.73. The SMILES string of the molecule is Cl.N[C@H](c1ccc(OC(F)(F)F)cc1)c1cc2c(cc1Cl)OCO2. The summed E-state index contributed by atoms with van der Waals surface area (Å²) in [6, 6.07) is 7.93. The third kappa shape index (κ3) is 3.98. The van der Waals surface area contributed by atoms with Gasteiger partial charge in [0, 0.05) is 11.1 Å². The highest BCUT2D eigenvalue weighted by Gasteiger charge is 2.31. The van der Waals surface area contributed by atoms with Crippen molar-refractivity contribution in [2.75, 3.05) is 6.79 Å². The zero-order chi connectivity index (χ0) is 16.6. The summed E-state index contributed by atoms with van der Waals surface area (Å²) in [5, 5.41) is 0.386. The molecule has 2 aromatic carbocycles. The number of nitrogens with two attached hydrogens (primary N) is 1. The van der Waals surface area contributed by atoms with Crippen molar-refractivity contribution < 1.29 is 27.4 Å². The number of alkyl halides is 3. The van der Waals surface area contributed by atoms with E-state index in [1.807, 2.05) is 0 Å². The molecule has 0 fully saturated rings.